The molecule has 2 atom stereocenters. The number of halogens is 1. The summed E-state index contributed by atoms with van der Waals surface area (Å²) in [5, 5.41) is 11.7. The van der Waals surface area contributed by atoms with Crippen molar-refractivity contribution in [2.45, 2.75) is 44.6 Å². The second-order valence-electron chi connectivity index (χ2n) is 4.91. The average Bonchev–Trinajstić information content (AvgIpc) is 2.73. The fourth-order valence-corrected chi connectivity index (χ4v) is 3.70. The first-order valence-corrected chi connectivity index (χ1v) is 6.65. The zero-order valence-corrected chi connectivity index (χ0v) is 11.7. The third-order valence-electron chi connectivity index (χ3n) is 3.59. The number of hydrogen-bond donors (Lipinski definition) is 1. The summed E-state index contributed by atoms with van der Waals surface area (Å²) in [6.07, 6.45) is 3.60. The lowest BCUT2D eigenvalue weighted by molar-refractivity contribution is 0.425. The van der Waals surface area contributed by atoms with Crippen molar-refractivity contribution >= 4 is 15.9 Å². The van der Waals surface area contributed by atoms with Crippen LogP contribution in [0.5, 0.6) is 0 Å². The van der Waals surface area contributed by atoms with E-state index >= 15 is 0 Å². The van der Waals surface area contributed by atoms with Crippen molar-refractivity contribution in [3.8, 4) is 0 Å². The second-order valence-corrected chi connectivity index (χ2v) is 5.66. The zero-order chi connectivity index (χ0) is 11.8. The Balaban J connectivity index is 2.21. The Bertz CT molecular complexity index is 357. The van der Waals surface area contributed by atoms with Gasteiger partial charge < -0.3 is 5.32 Å². The van der Waals surface area contributed by atoms with Crippen LogP contribution >= 0.6 is 15.9 Å². The van der Waals surface area contributed by atoms with Crippen molar-refractivity contribution in [3.63, 3.8) is 0 Å². The monoisotopic (exact) mass is 286 g/mol. The van der Waals surface area contributed by atoms with Crippen LogP contribution in [0.2, 0.25) is 0 Å². The van der Waals surface area contributed by atoms with Crippen LogP contribution in [0.15, 0.2) is 4.60 Å². The lowest BCUT2D eigenvalue weighted by atomic mass is 9.85. The summed E-state index contributed by atoms with van der Waals surface area (Å²) in [5.74, 6) is 0. The predicted molar refractivity (Wildman–Crippen MR) is 67.4 cm³/mol. The molecule has 1 aliphatic carbocycles. The van der Waals surface area contributed by atoms with Crippen molar-refractivity contribution in [1.82, 2.24) is 20.3 Å². The highest BCUT2D eigenvalue weighted by molar-refractivity contribution is 9.10. The van der Waals surface area contributed by atoms with Gasteiger partial charge in [-0.2, -0.15) is 0 Å². The van der Waals surface area contributed by atoms with Gasteiger partial charge >= 0.3 is 0 Å². The quantitative estimate of drug-likeness (QED) is 0.924. The lowest BCUT2D eigenvalue weighted by Crippen LogP contribution is -2.29. The average molecular weight is 287 g/mol. The van der Waals surface area contributed by atoms with Gasteiger partial charge in [0.25, 0.3) is 0 Å². The number of nitrogens with one attached hydrogen (secondary N) is 1. The minimum absolute atomic E-state index is 0.198. The molecule has 1 saturated carbocycles. The van der Waals surface area contributed by atoms with Gasteiger partial charge in [-0.3, -0.25) is 4.68 Å². The van der Waals surface area contributed by atoms with E-state index in [0.717, 1.165) is 11.1 Å². The van der Waals surface area contributed by atoms with E-state index in [4.69, 9.17) is 0 Å². The molecule has 1 N–H and O–H groups in total. The first-order valence-electron chi connectivity index (χ1n) is 5.86. The highest BCUT2D eigenvalue weighted by atomic mass is 79.9. The van der Waals surface area contributed by atoms with Crippen LogP contribution in [-0.2, 0) is 12.5 Å². The zero-order valence-electron chi connectivity index (χ0n) is 10.1. The Morgan fingerprint density at radius 3 is 2.94 bits per heavy atom. The maximum Gasteiger partial charge on any atom is 0.152 e. The van der Waals surface area contributed by atoms with E-state index in [9.17, 15) is 0 Å². The number of aryl methyl sites for hydroxylation is 1. The molecule has 1 heterocycles. The van der Waals surface area contributed by atoms with Gasteiger partial charge in [0.2, 0.25) is 0 Å². The van der Waals surface area contributed by atoms with E-state index in [2.05, 4.69) is 45.4 Å². The van der Waals surface area contributed by atoms with Gasteiger partial charge in [0.15, 0.2) is 4.60 Å². The number of nitrogens with zero attached hydrogens (tertiary/aromatic N) is 3. The molecule has 0 amide bonds. The van der Waals surface area contributed by atoms with E-state index in [-0.39, 0.29) is 5.41 Å². The Kier molecular flexibility index (Phi) is 3.35. The molecule has 2 unspecified atom stereocenters. The molecule has 1 fully saturated rings. The highest BCUT2D eigenvalue weighted by Gasteiger charge is 2.40. The molecule has 4 nitrogen and oxygen atoms in total. The Morgan fingerprint density at radius 2 is 2.38 bits per heavy atom. The fourth-order valence-electron chi connectivity index (χ4n) is 2.89. The third-order valence-corrected chi connectivity index (χ3v) is 4.13. The van der Waals surface area contributed by atoms with E-state index < -0.39 is 0 Å². The number of hydrogen-bond acceptors (Lipinski definition) is 3. The van der Waals surface area contributed by atoms with Crippen molar-refractivity contribution in [3.05, 3.63) is 10.3 Å². The van der Waals surface area contributed by atoms with Gasteiger partial charge in [0.1, 0.15) is 0 Å². The van der Waals surface area contributed by atoms with Crippen molar-refractivity contribution < 1.29 is 0 Å². The standard InChI is InChI=1S/C11H19BrN4/c1-4-13-8-5-6-11(2,7-8)9-10(12)14-15-16(9)3/h8,13H,4-7H2,1-3H3. The molecule has 0 spiro atoms. The molecule has 0 saturated heterocycles. The predicted octanol–water partition coefficient (Wildman–Crippen LogP) is 2.00. The van der Waals surface area contributed by atoms with Gasteiger partial charge in [-0.05, 0) is 41.7 Å². The van der Waals surface area contributed by atoms with Crippen LogP contribution in [0.4, 0.5) is 0 Å². The first kappa shape index (κ1) is 12.0. The van der Waals surface area contributed by atoms with Crippen LogP contribution < -0.4 is 5.32 Å². The molecule has 1 aliphatic rings. The lowest BCUT2D eigenvalue weighted by Gasteiger charge is -2.24. The summed E-state index contributed by atoms with van der Waals surface area (Å²) in [6, 6.07) is 0.636. The van der Waals surface area contributed by atoms with Crippen LogP contribution in [0.25, 0.3) is 0 Å². The Hall–Kier alpha value is -0.420. The summed E-state index contributed by atoms with van der Waals surface area (Å²) in [5.41, 5.74) is 1.43. The molecule has 0 aliphatic heterocycles. The molecule has 5 heteroatoms. The fraction of sp³-hybridized carbons (Fsp3) is 0.818. The van der Waals surface area contributed by atoms with Gasteiger partial charge in [0, 0.05) is 18.5 Å². The smallest absolute Gasteiger partial charge is 0.152 e. The van der Waals surface area contributed by atoms with Crippen molar-refractivity contribution in [2.24, 2.45) is 7.05 Å². The molecule has 16 heavy (non-hydrogen) atoms. The highest BCUT2D eigenvalue weighted by Crippen LogP contribution is 2.42. The van der Waals surface area contributed by atoms with E-state index in [1.54, 1.807) is 0 Å². The Morgan fingerprint density at radius 1 is 1.62 bits per heavy atom. The van der Waals surface area contributed by atoms with Crippen LogP contribution in [0, 0.1) is 0 Å². The molecule has 0 bridgehead atoms. The topological polar surface area (TPSA) is 42.7 Å². The maximum atomic E-state index is 4.09. The minimum atomic E-state index is 0.198. The van der Waals surface area contributed by atoms with Gasteiger partial charge in [-0.15, -0.1) is 5.10 Å². The molecule has 1 aromatic rings. The molecule has 2 rings (SSSR count). The normalized spacial score (nSPS) is 29.9. The largest absolute Gasteiger partial charge is 0.314 e. The van der Waals surface area contributed by atoms with E-state index in [1.165, 1.54) is 25.0 Å². The summed E-state index contributed by atoms with van der Waals surface area (Å²) in [4.78, 5) is 0. The van der Waals surface area contributed by atoms with Crippen molar-refractivity contribution in [1.29, 1.82) is 0 Å². The first-order chi connectivity index (χ1) is 7.57. The minimum Gasteiger partial charge on any atom is -0.314 e. The molecule has 0 radical (unpaired) electrons. The summed E-state index contributed by atoms with van der Waals surface area (Å²) in [6.45, 7) is 5.52. The maximum absolute atomic E-state index is 4.09. The SMILES string of the molecule is CCNC1CCC(C)(c2c(Br)nnn2C)C1. The molecular formula is C11H19BrN4. The summed E-state index contributed by atoms with van der Waals surface area (Å²) < 4.78 is 2.80. The van der Waals surface area contributed by atoms with Crippen LogP contribution in [0.3, 0.4) is 0 Å². The van der Waals surface area contributed by atoms with Crippen LogP contribution in [0.1, 0.15) is 38.8 Å². The molecule has 90 valence electrons. The molecular weight excluding hydrogens is 268 g/mol. The number of aromatic nitrogens is 3. The third kappa shape index (κ3) is 2.02. The summed E-state index contributed by atoms with van der Waals surface area (Å²) >= 11 is 3.51. The van der Waals surface area contributed by atoms with E-state index in [0.29, 0.717) is 6.04 Å². The Labute approximate surface area is 105 Å². The van der Waals surface area contributed by atoms with Gasteiger partial charge in [0.05, 0.1) is 5.69 Å². The van der Waals surface area contributed by atoms with Gasteiger partial charge in [-0.25, -0.2) is 0 Å². The van der Waals surface area contributed by atoms with E-state index in [1.807, 2.05) is 11.7 Å². The van der Waals surface area contributed by atoms with Crippen molar-refractivity contribution in [2.75, 3.05) is 6.54 Å². The number of rotatable bonds is 3. The second kappa shape index (κ2) is 4.45. The van der Waals surface area contributed by atoms with Gasteiger partial charge in [-0.1, -0.05) is 19.1 Å². The summed E-state index contributed by atoms with van der Waals surface area (Å²) in [7, 11) is 1.97. The molecule has 0 aromatic carbocycles. The molecule has 1 aromatic heterocycles. The van der Waals surface area contributed by atoms with Crippen LogP contribution in [-0.4, -0.2) is 27.6 Å².